The molecule has 0 bridgehead atoms. The first-order valence-electron chi connectivity index (χ1n) is 5.04. The third-order valence-corrected chi connectivity index (χ3v) is 3.34. The van der Waals surface area contributed by atoms with Crippen molar-refractivity contribution in [1.82, 2.24) is 0 Å². The monoisotopic (exact) mass is 185 g/mol. The fraction of sp³-hybridized carbons (Fsp3) is 1.00. The summed E-state index contributed by atoms with van der Waals surface area (Å²) in [7, 11) is 0. The van der Waals surface area contributed by atoms with Crippen LogP contribution in [0.3, 0.4) is 0 Å². The number of hydrogen-bond acceptors (Lipinski definition) is 3. The van der Waals surface area contributed by atoms with Crippen molar-refractivity contribution >= 4 is 22.9 Å². The lowest BCUT2D eigenvalue weighted by molar-refractivity contribution is -0.122. The van der Waals surface area contributed by atoms with Gasteiger partial charge < -0.3 is 0 Å². The van der Waals surface area contributed by atoms with Gasteiger partial charge in [-0.05, 0) is 15.7 Å². The van der Waals surface area contributed by atoms with E-state index in [0.29, 0.717) is 11.5 Å². The third kappa shape index (κ3) is 3.14. The first-order chi connectivity index (χ1) is 6.35. The maximum Gasteiger partial charge on any atom is 0.186 e. The normalized spacial score (nSPS) is 39.7. The lowest BCUT2D eigenvalue weighted by Gasteiger charge is -2.06. The quantitative estimate of drug-likeness (QED) is 0.382. The summed E-state index contributed by atoms with van der Waals surface area (Å²) < 4.78 is 34.4. The van der Waals surface area contributed by atoms with E-state index in [1.807, 2.05) is 0 Å². The summed E-state index contributed by atoms with van der Waals surface area (Å²) in [4.78, 5) is 0. The highest BCUT2D eigenvalue weighted by atomic mass is 32.2. The molecule has 60 valence electrons. The molecule has 0 radical (unpaired) electrons. The molecule has 4 heteroatoms. The average Bonchev–Trinajstić information content (AvgIpc) is 2.00. The van der Waals surface area contributed by atoms with Gasteiger partial charge in [0.1, 0.15) is 11.5 Å². The molecule has 0 aromatic heterocycles. The minimum Gasteiger partial charge on any atom is -0.204 e. The van der Waals surface area contributed by atoms with Crippen LogP contribution in [0.1, 0.15) is 18.3 Å². The molecule has 1 fully saturated rings. The van der Waals surface area contributed by atoms with Gasteiger partial charge in [0.2, 0.25) is 0 Å². The van der Waals surface area contributed by atoms with Gasteiger partial charge in [-0.15, -0.1) is 0 Å². The predicted molar refractivity (Wildman–Crippen MR) is 47.4 cm³/mol. The zero-order valence-corrected chi connectivity index (χ0v) is 7.13. The molecule has 1 saturated heterocycles. The largest absolute Gasteiger partial charge is 0.204 e. The summed E-state index contributed by atoms with van der Waals surface area (Å²) in [6, 6.07) is 0. The number of hydrogen-bond donors (Lipinski definition) is 1. The van der Waals surface area contributed by atoms with Crippen LogP contribution in [-0.2, 0) is 15.5 Å². The maximum absolute atomic E-state index is 8.51. The second-order valence-electron chi connectivity index (χ2n) is 1.81. The van der Waals surface area contributed by atoms with Crippen LogP contribution in [0.2, 0.25) is 0 Å². The standard InChI is InChI=1S/C6H12O2S2/c7-8-10-5-1-3-9-4-2-6-10/h1-6H2/p+1/i3D2,4D2. The van der Waals surface area contributed by atoms with E-state index in [4.69, 9.17) is 10.7 Å². The van der Waals surface area contributed by atoms with Crippen LogP contribution in [-0.4, -0.2) is 28.2 Å². The van der Waals surface area contributed by atoms with E-state index in [2.05, 4.69) is 4.33 Å². The molecule has 0 atom stereocenters. The van der Waals surface area contributed by atoms with Crippen molar-refractivity contribution in [2.24, 2.45) is 0 Å². The van der Waals surface area contributed by atoms with Gasteiger partial charge in [0.05, 0.1) is 0 Å². The Morgan fingerprint density at radius 1 is 1.40 bits per heavy atom. The van der Waals surface area contributed by atoms with E-state index in [0.717, 1.165) is 11.8 Å². The van der Waals surface area contributed by atoms with Crippen molar-refractivity contribution in [3.8, 4) is 0 Å². The van der Waals surface area contributed by atoms with E-state index in [1.54, 1.807) is 0 Å². The van der Waals surface area contributed by atoms with Crippen LogP contribution in [0.5, 0.6) is 0 Å². The Bertz CT molecular complexity index is 184. The van der Waals surface area contributed by atoms with Crippen molar-refractivity contribution in [3.63, 3.8) is 0 Å². The highest BCUT2D eigenvalue weighted by molar-refractivity contribution is 7.99. The summed E-state index contributed by atoms with van der Waals surface area (Å²) >= 11 is 0.0154. The predicted octanol–water partition coefficient (Wildman–Crippen LogP) is 1.54. The molecule has 0 aliphatic carbocycles. The van der Waals surface area contributed by atoms with E-state index in [1.165, 1.54) is 0 Å². The Labute approximate surface area is 74.4 Å². The summed E-state index contributed by atoms with van der Waals surface area (Å²) in [6.45, 7) is 0. The zero-order chi connectivity index (χ0) is 10.8. The van der Waals surface area contributed by atoms with Crippen LogP contribution in [0.15, 0.2) is 0 Å². The van der Waals surface area contributed by atoms with Crippen LogP contribution < -0.4 is 0 Å². The van der Waals surface area contributed by atoms with Gasteiger partial charge in [0.15, 0.2) is 11.2 Å². The highest BCUT2D eigenvalue weighted by Crippen LogP contribution is 2.13. The van der Waals surface area contributed by atoms with Gasteiger partial charge in [-0.25, -0.2) is 5.26 Å². The molecule has 0 aromatic rings. The highest BCUT2D eigenvalue weighted by Gasteiger charge is 2.21. The van der Waals surface area contributed by atoms with Crippen LogP contribution in [0.25, 0.3) is 0 Å². The molecule has 0 amide bonds. The summed E-state index contributed by atoms with van der Waals surface area (Å²) in [5, 5.41) is 8.51. The van der Waals surface area contributed by atoms with Crippen molar-refractivity contribution in [2.75, 3.05) is 22.9 Å². The molecule has 10 heavy (non-hydrogen) atoms. The van der Waals surface area contributed by atoms with Gasteiger partial charge in [0, 0.05) is 18.3 Å². The Kier molecular flexibility index (Phi) is 2.43. The molecule has 0 saturated carbocycles. The molecule has 1 N–H and O–H groups in total. The van der Waals surface area contributed by atoms with Gasteiger partial charge in [-0.1, -0.05) is 0 Å². The minimum atomic E-state index is -1.58. The molecule has 1 heterocycles. The molecule has 0 aromatic carbocycles. The maximum atomic E-state index is 8.51. The SMILES string of the molecule is [2H]C1([2H])CC[S+](OO)CCC([2H])([2H])S1. The molecule has 1 rings (SSSR count). The van der Waals surface area contributed by atoms with E-state index < -0.39 is 22.6 Å². The summed E-state index contributed by atoms with van der Waals surface area (Å²) in [5.74, 6) is 0.902. The molecule has 2 nitrogen and oxygen atoms in total. The Hall–Kier alpha value is 0.620. The molecule has 0 spiro atoms. The minimum absolute atomic E-state index is 0.209. The van der Waals surface area contributed by atoms with Crippen LogP contribution in [0, 0.1) is 0 Å². The van der Waals surface area contributed by atoms with Crippen molar-refractivity contribution < 1.29 is 15.1 Å². The topological polar surface area (TPSA) is 29.5 Å². The van der Waals surface area contributed by atoms with Gasteiger partial charge in [-0.3, -0.25) is 0 Å². The third-order valence-electron chi connectivity index (χ3n) is 1.11. The smallest absolute Gasteiger partial charge is 0.186 e. The first-order valence-corrected chi connectivity index (χ1v) is 5.35. The Morgan fingerprint density at radius 3 is 2.50 bits per heavy atom. The van der Waals surface area contributed by atoms with E-state index in [-0.39, 0.29) is 12.8 Å². The zero-order valence-electron chi connectivity index (χ0n) is 9.50. The lowest BCUT2D eigenvalue weighted by atomic mass is 10.5. The number of rotatable bonds is 1. The van der Waals surface area contributed by atoms with Gasteiger partial charge in [-0.2, -0.15) is 11.8 Å². The van der Waals surface area contributed by atoms with Crippen LogP contribution in [0.4, 0.5) is 0 Å². The van der Waals surface area contributed by atoms with E-state index in [9.17, 15) is 0 Å². The second kappa shape index (κ2) is 5.29. The molecular formula is C6H13O2S2+. The Morgan fingerprint density at radius 2 is 2.00 bits per heavy atom. The van der Waals surface area contributed by atoms with Gasteiger partial charge in [0.25, 0.3) is 0 Å². The summed E-state index contributed by atoms with van der Waals surface area (Å²) in [5.41, 5.74) is -3.15. The van der Waals surface area contributed by atoms with E-state index >= 15 is 0 Å². The molecule has 1 aliphatic heterocycles. The van der Waals surface area contributed by atoms with Gasteiger partial charge >= 0.3 is 0 Å². The van der Waals surface area contributed by atoms with Crippen molar-refractivity contribution in [1.29, 1.82) is 0 Å². The van der Waals surface area contributed by atoms with Crippen LogP contribution >= 0.6 is 11.8 Å². The van der Waals surface area contributed by atoms with Crippen molar-refractivity contribution in [2.45, 2.75) is 12.8 Å². The van der Waals surface area contributed by atoms with Crippen molar-refractivity contribution in [3.05, 3.63) is 0 Å². The summed E-state index contributed by atoms with van der Waals surface area (Å²) in [6.07, 6.45) is 0.418. The average molecular weight is 185 g/mol. The Balaban J connectivity index is 2.64. The second-order valence-corrected chi connectivity index (χ2v) is 4.44. The fourth-order valence-corrected chi connectivity index (χ4v) is 2.42. The lowest BCUT2D eigenvalue weighted by Crippen LogP contribution is -2.17. The molecular weight excluding hydrogens is 168 g/mol. The fourth-order valence-electron chi connectivity index (χ4n) is 0.641. The number of thioether (sulfide) groups is 1. The molecule has 1 aliphatic rings. The first kappa shape index (κ1) is 4.60. The molecule has 0 unspecified atom stereocenters.